The van der Waals surface area contributed by atoms with Gasteiger partial charge >= 0.3 is 0 Å². The molecule has 1 atom stereocenters. The maximum atomic E-state index is 12.7. The van der Waals surface area contributed by atoms with Crippen molar-refractivity contribution in [3.63, 3.8) is 0 Å². The van der Waals surface area contributed by atoms with Crippen LogP contribution < -0.4 is 0 Å². The number of halogens is 2. The Labute approximate surface area is 82.2 Å². The SMILES string of the molecule is CC[C@@H](O)Cc1ccc(F)c(Cl)c1. The van der Waals surface area contributed by atoms with E-state index in [0.717, 1.165) is 5.56 Å². The molecule has 0 unspecified atom stereocenters. The van der Waals surface area contributed by atoms with Crippen LogP contribution in [0.2, 0.25) is 5.02 Å². The Hall–Kier alpha value is -0.600. The number of hydrogen-bond donors (Lipinski definition) is 1. The van der Waals surface area contributed by atoms with Crippen molar-refractivity contribution in [2.75, 3.05) is 0 Å². The molecule has 0 aromatic heterocycles. The summed E-state index contributed by atoms with van der Waals surface area (Å²) in [7, 11) is 0. The van der Waals surface area contributed by atoms with E-state index in [1.165, 1.54) is 6.07 Å². The van der Waals surface area contributed by atoms with Crippen LogP contribution in [0.3, 0.4) is 0 Å². The van der Waals surface area contributed by atoms with Gasteiger partial charge in [-0.15, -0.1) is 0 Å². The van der Waals surface area contributed by atoms with Gasteiger partial charge in [0.1, 0.15) is 5.82 Å². The highest BCUT2D eigenvalue weighted by atomic mass is 35.5. The lowest BCUT2D eigenvalue weighted by atomic mass is 10.1. The number of rotatable bonds is 3. The summed E-state index contributed by atoms with van der Waals surface area (Å²) in [6.45, 7) is 1.90. The molecular formula is C10H12ClFO. The maximum absolute atomic E-state index is 12.7. The molecule has 0 aliphatic carbocycles. The van der Waals surface area contributed by atoms with Gasteiger partial charge in [-0.2, -0.15) is 0 Å². The van der Waals surface area contributed by atoms with Crippen LogP contribution in [0.25, 0.3) is 0 Å². The first-order valence-corrected chi connectivity index (χ1v) is 4.63. The van der Waals surface area contributed by atoms with E-state index >= 15 is 0 Å². The zero-order chi connectivity index (χ0) is 9.84. The summed E-state index contributed by atoms with van der Waals surface area (Å²) in [5, 5.41) is 9.45. The first-order chi connectivity index (χ1) is 6.13. The van der Waals surface area contributed by atoms with Gasteiger partial charge in [-0.25, -0.2) is 4.39 Å². The van der Waals surface area contributed by atoms with E-state index in [4.69, 9.17) is 11.6 Å². The summed E-state index contributed by atoms with van der Waals surface area (Å²) in [5.74, 6) is -0.420. The predicted octanol–water partition coefficient (Wildman–Crippen LogP) is 2.79. The molecule has 0 amide bonds. The summed E-state index contributed by atoms with van der Waals surface area (Å²) in [5.41, 5.74) is 0.862. The molecule has 0 bridgehead atoms. The lowest BCUT2D eigenvalue weighted by molar-refractivity contribution is 0.171. The van der Waals surface area contributed by atoms with Crippen molar-refractivity contribution in [2.45, 2.75) is 25.9 Å². The molecule has 1 rings (SSSR count). The molecule has 3 heteroatoms. The lowest BCUT2D eigenvalue weighted by Crippen LogP contribution is -2.08. The molecule has 1 aromatic rings. The second-order valence-electron chi connectivity index (χ2n) is 3.01. The van der Waals surface area contributed by atoms with Crippen molar-refractivity contribution in [2.24, 2.45) is 0 Å². The molecule has 13 heavy (non-hydrogen) atoms. The third-order valence-corrected chi connectivity index (χ3v) is 2.22. The van der Waals surface area contributed by atoms with E-state index in [1.54, 1.807) is 12.1 Å². The molecule has 1 aromatic carbocycles. The van der Waals surface area contributed by atoms with Gasteiger partial charge in [0, 0.05) is 0 Å². The van der Waals surface area contributed by atoms with Gasteiger partial charge in [-0.1, -0.05) is 24.6 Å². The largest absolute Gasteiger partial charge is 0.393 e. The van der Waals surface area contributed by atoms with E-state index < -0.39 is 5.82 Å². The summed E-state index contributed by atoms with van der Waals surface area (Å²) in [4.78, 5) is 0. The number of benzene rings is 1. The number of aliphatic hydroxyl groups excluding tert-OH is 1. The Bertz CT molecular complexity index is 288. The zero-order valence-corrected chi connectivity index (χ0v) is 8.18. The Balaban J connectivity index is 2.73. The van der Waals surface area contributed by atoms with E-state index in [9.17, 15) is 9.50 Å². The summed E-state index contributed by atoms with van der Waals surface area (Å²) in [6.07, 6.45) is 0.840. The normalized spacial score (nSPS) is 12.9. The zero-order valence-electron chi connectivity index (χ0n) is 7.43. The minimum Gasteiger partial charge on any atom is -0.393 e. The van der Waals surface area contributed by atoms with Crippen molar-refractivity contribution >= 4 is 11.6 Å². The second-order valence-corrected chi connectivity index (χ2v) is 3.42. The molecule has 0 saturated carbocycles. The van der Waals surface area contributed by atoms with Crippen molar-refractivity contribution in [3.8, 4) is 0 Å². The average molecular weight is 203 g/mol. The minimum atomic E-state index is -0.420. The third-order valence-electron chi connectivity index (χ3n) is 1.93. The topological polar surface area (TPSA) is 20.2 Å². The van der Waals surface area contributed by atoms with Crippen molar-refractivity contribution < 1.29 is 9.50 Å². The predicted molar refractivity (Wildman–Crippen MR) is 51.4 cm³/mol. The molecule has 1 N–H and O–H groups in total. The van der Waals surface area contributed by atoms with E-state index in [0.29, 0.717) is 12.8 Å². The Kier molecular flexibility index (Phi) is 3.70. The molecule has 0 heterocycles. The van der Waals surface area contributed by atoms with E-state index in [2.05, 4.69) is 0 Å². The van der Waals surface area contributed by atoms with Crippen LogP contribution in [0.15, 0.2) is 18.2 Å². The molecule has 0 aliphatic rings. The summed E-state index contributed by atoms with van der Waals surface area (Å²) in [6, 6.07) is 4.51. The first-order valence-electron chi connectivity index (χ1n) is 4.25. The van der Waals surface area contributed by atoms with Crippen LogP contribution in [0.1, 0.15) is 18.9 Å². The maximum Gasteiger partial charge on any atom is 0.141 e. The Morgan fingerprint density at radius 2 is 2.23 bits per heavy atom. The molecule has 0 fully saturated rings. The second kappa shape index (κ2) is 4.58. The fourth-order valence-electron chi connectivity index (χ4n) is 1.08. The van der Waals surface area contributed by atoms with Crippen LogP contribution in [-0.2, 0) is 6.42 Å². The summed E-state index contributed by atoms with van der Waals surface area (Å²) >= 11 is 5.58. The number of hydrogen-bond acceptors (Lipinski definition) is 1. The fraction of sp³-hybridized carbons (Fsp3) is 0.400. The van der Waals surface area contributed by atoms with Crippen LogP contribution in [-0.4, -0.2) is 11.2 Å². The molecule has 0 saturated heterocycles. The first kappa shape index (κ1) is 10.5. The highest BCUT2D eigenvalue weighted by Gasteiger charge is 2.05. The minimum absolute atomic E-state index is 0.112. The number of aliphatic hydroxyl groups is 1. The molecule has 0 radical (unpaired) electrons. The van der Waals surface area contributed by atoms with Crippen molar-refractivity contribution in [3.05, 3.63) is 34.6 Å². The van der Waals surface area contributed by atoms with E-state index in [-0.39, 0.29) is 11.1 Å². The van der Waals surface area contributed by atoms with Crippen LogP contribution in [0.5, 0.6) is 0 Å². The third kappa shape index (κ3) is 2.98. The van der Waals surface area contributed by atoms with Crippen LogP contribution >= 0.6 is 11.6 Å². The van der Waals surface area contributed by atoms with Gasteiger partial charge in [-0.05, 0) is 30.5 Å². The van der Waals surface area contributed by atoms with Crippen LogP contribution in [0.4, 0.5) is 4.39 Å². The highest BCUT2D eigenvalue weighted by Crippen LogP contribution is 2.17. The van der Waals surface area contributed by atoms with Gasteiger partial charge in [0.25, 0.3) is 0 Å². The van der Waals surface area contributed by atoms with Crippen molar-refractivity contribution in [1.82, 2.24) is 0 Å². The molecule has 0 aliphatic heterocycles. The summed E-state index contributed by atoms with van der Waals surface area (Å²) < 4.78 is 12.7. The van der Waals surface area contributed by atoms with Crippen LogP contribution in [0, 0.1) is 5.82 Å². The lowest BCUT2D eigenvalue weighted by Gasteiger charge is -2.07. The molecular weight excluding hydrogens is 191 g/mol. The van der Waals surface area contributed by atoms with Crippen molar-refractivity contribution in [1.29, 1.82) is 0 Å². The Morgan fingerprint density at radius 1 is 1.54 bits per heavy atom. The van der Waals surface area contributed by atoms with Gasteiger partial charge < -0.3 is 5.11 Å². The monoisotopic (exact) mass is 202 g/mol. The Morgan fingerprint density at radius 3 is 2.77 bits per heavy atom. The van der Waals surface area contributed by atoms with Gasteiger partial charge in [0.2, 0.25) is 0 Å². The molecule has 0 spiro atoms. The highest BCUT2D eigenvalue weighted by molar-refractivity contribution is 6.30. The smallest absolute Gasteiger partial charge is 0.141 e. The average Bonchev–Trinajstić information content (AvgIpc) is 2.11. The van der Waals surface area contributed by atoms with Gasteiger partial charge in [0.15, 0.2) is 0 Å². The van der Waals surface area contributed by atoms with Gasteiger partial charge in [-0.3, -0.25) is 0 Å². The quantitative estimate of drug-likeness (QED) is 0.799. The standard InChI is InChI=1S/C10H12ClFO/c1-2-8(13)5-7-3-4-10(12)9(11)6-7/h3-4,6,8,13H,2,5H2,1H3/t8-/m1/s1. The molecule has 72 valence electrons. The van der Waals surface area contributed by atoms with Gasteiger partial charge in [0.05, 0.1) is 11.1 Å². The van der Waals surface area contributed by atoms with E-state index in [1.807, 2.05) is 6.92 Å². The fourth-order valence-corrected chi connectivity index (χ4v) is 1.29. The molecule has 1 nitrogen and oxygen atoms in total.